The van der Waals surface area contributed by atoms with Crippen molar-refractivity contribution in [1.29, 1.82) is 0 Å². The maximum atomic E-state index is 9.00. The second-order valence-corrected chi connectivity index (χ2v) is 8.55. The monoisotopic (exact) mass is 490 g/mol. The van der Waals surface area contributed by atoms with E-state index in [1.165, 1.54) is 16.7 Å². The van der Waals surface area contributed by atoms with Gasteiger partial charge in [0.05, 0.1) is 6.04 Å². The Morgan fingerprint density at radius 3 is 1.56 bits per heavy atom. The number of carbonyl (C=O) groups is 1. The Kier molecular flexibility index (Phi) is 15.1. The maximum absolute atomic E-state index is 9.00. The molecular formula is C32H46N2O2. The van der Waals surface area contributed by atoms with Crippen LogP contribution in [0.3, 0.4) is 0 Å². The van der Waals surface area contributed by atoms with Crippen LogP contribution < -0.4 is 0 Å². The van der Waals surface area contributed by atoms with E-state index >= 15 is 0 Å². The highest BCUT2D eigenvalue weighted by atomic mass is 16.4. The summed E-state index contributed by atoms with van der Waals surface area (Å²) in [5.41, 5.74) is 4.16. The second-order valence-electron chi connectivity index (χ2n) is 8.55. The molecule has 0 radical (unpaired) electrons. The minimum absolute atomic E-state index is 0.304. The molecule has 4 rings (SSSR count). The summed E-state index contributed by atoms with van der Waals surface area (Å²) in [6, 6.07) is 34.1. The number of piperazine rings is 1. The lowest BCUT2D eigenvalue weighted by molar-refractivity contribution is -0.134. The van der Waals surface area contributed by atoms with Crippen LogP contribution >= 0.6 is 0 Å². The lowest BCUT2D eigenvalue weighted by Gasteiger charge is -2.47. The Morgan fingerprint density at radius 2 is 1.14 bits per heavy atom. The third-order valence-electron chi connectivity index (χ3n) is 5.95. The van der Waals surface area contributed by atoms with Gasteiger partial charge < -0.3 is 5.11 Å². The summed E-state index contributed by atoms with van der Waals surface area (Å²) in [5, 5.41) is 7.42. The van der Waals surface area contributed by atoms with Crippen molar-refractivity contribution in [2.24, 2.45) is 0 Å². The lowest BCUT2D eigenvalue weighted by atomic mass is 9.93. The van der Waals surface area contributed by atoms with Gasteiger partial charge in [0.15, 0.2) is 0 Å². The van der Waals surface area contributed by atoms with E-state index in [0.29, 0.717) is 18.1 Å². The molecule has 1 aliphatic rings. The number of carboxylic acids is 1. The van der Waals surface area contributed by atoms with Gasteiger partial charge in [-0.3, -0.25) is 14.6 Å². The van der Waals surface area contributed by atoms with Gasteiger partial charge in [-0.05, 0) is 30.5 Å². The van der Waals surface area contributed by atoms with Crippen LogP contribution in [-0.2, 0) is 11.3 Å². The molecule has 1 heterocycles. The molecule has 196 valence electrons. The molecular weight excluding hydrogens is 444 g/mol. The van der Waals surface area contributed by atoms with Crippen molar-refractivity contribution in [3.63, 3.8) is 0 Å². The predicted octanol–water partition coefficient (Wildman–Crippen LogP) is 7.51. The molecule has 1 aliphatic heterocycles. The van der Waals surface area contributed by atoms with Crippen LogP contribution in [0.25, 0.3) is 0 Å². The number of hydrogen-bond acceptors (Lipinski definition) is 3. The topological polar surface area (TPSA) is 43.8 Å². The molecule has 4 nitrogen and oxygen atoms in total. The lowest BCUT2D eigenvalue weighted by Crippen LogP contribution is -2.56. The van der Waals surface area contributed by atoms with Gasteiger partial charge in [-0.1, -0.05) is 119 Å². The molecule has 0 unspecified atom stereocenters. The van der Waals surface area contributed by atoms with Gasteiger partial charge in [0.2, 0.25) is 0 Å². The van der Waals surface area contributed by atoms with Crippen LogP contribution in [-0.4, -0.2) is 46.0 Å². The van der Waals surface area contributed by atoms with Crippen molar-refractivity contribution in [3.8, 4) is 0 Å². The highest BCUT2D eigenvalue weighted by Crippen LogP contribution is 2.33. The number of benzene rings is 3. The third kappa shape index (κ3) is 9.96. The molecule has 0 saturated carbocycles. The zero-order valence-corrected chi connectivity index (χ0v) is 23.3. The maximum Gasteiger partial charge on any atom is 0.300 e. The van der Waals surface area contributed by atoms with Crippen molar-refractivity contribution < 1.29 is 9.90 Å². The molecule has 1 fully saturated rings. The highest BCUT2D eigenvalue weighted by Gasteiger charge is 2.34. The van der Waals surface area contributed by atoms with Gasteiger partial charge in [0, 0.05) is 38.6 Å². The van der Waals surface area contributed by atoms with Gasteiger partial charge in [-0.2, -0.15) is 0 Å². The van der Waals surface area contributed by atoms with E-state index < -0.39 is 5.97 Å². The smallest absolute Gasteiger partial charge is 0.300 e. The summed E-state index contributed by atoms with van der Waals surface area (Å²) in [5.74, 6) is -0.833. The summed E-state index contributed by atoms with van der Waals surface area (Å²) >= 11 is 0. The Morgan fingerprint density at radius 1 is 0.750 bits per heavy atom. The fourth-order valence-electron chi connectivity index (χ4n) is 4.47. The number of aliphatic carboxylic acids is 1. The van der Waals surface area contributed by atoms with Crippen molar-refractivity contribution >= 4 is 5.97 Å². The number of carboxylic acid groups (broad SMARTS) is 1. The molecule has 3 aromatic carbocycles. The minimum atomic E-state index is -0.833. The van der Waals surface area contributed by atoms with E-state index in [0.717, 1.165) is 26.6 Å². The Hall–Kier alpha value is -2.95. The van der Waals surface area contributed by atoms with Crippen LogP contribution in [0.5, 0.6) is 0 Å². The summed E-state index contributed by atoms with van der Waals surface area (Å²) < 4.78 is 0. The Bertz CT molecular complexity index is 904. The predicted molar refractivity (Wildman–Crippen MR) is 153 cm³/mol. The molecule has 36 heavy (non-hydrogen) atoms. The highest BCUT2D eigenvalue weighted by molar-refractivity contribution is 5.62. The SMILES string of the molecule is CC.CC.CC(=O)O.C[C@@H]1CN(C(c2ccccc2)c2ccccc2)[C@@H](C)CN1Cc1ccccc1. The fraction of sp³-hybridized carbons (Fsp3) is 0.406. The van der Waals surface area contributed by atoms with Crippen LogP contribution in [0, 0.1) is 0 Å². The van der Waals surface area contributed by atoms with Crippen LogP contribution in [0.15, 0.2) is 91.0 Å². The van der Waals surface area contributed by atoms with E-state index in [4.69, 9.17) is 9.90 Å². The standard InChI is InChI=1S/C26H30N2.C2H4O2.2C2H6/c1-21-19-28(22(2)18-27(21)20-23-12-6-3-7-13-23)26(24-14-8-4-9-15-24)25-16-10-5-11-17-25;1-2(3)4;2*1-2/h3-17,21-22,26H,18-20H2,1-2H3;1H3,(H,3,4);2*1-2H3/t21-,22+;;;/m1.../s1. The van der Waals surface area contributed by atoms with Gasteiger partial charge in [-0.25, -0.2) is 0 Å². The van der Waals surface area contributed by atoms with Crippen LogP contribution in [0.4, 0.5) is 0 Å². The summed E-state index contributed by atoms with van der Waals surface area (Å²) in [6.07, 6.45) is 0. The molecule has 0 amide bonds. The van der Waals surface area contributed by atoms with E-state index in [1.54, 1.807) is 0 Å². The van der Waals surface area contributed by atoms with E-state index in [1.807, 2.05) is 27.7 Å². The molecule has 0 aromatic heterocycles. The normalized spacial score (nSPS) is 17.4. The summed E-state index contributed by atoms with van der Waals surface area (Å²) in [4.78, 5) is 14.3. The largest absolute Gasteiger partial charge is 0.481 e. The molecule has 4 heteroatoms. The molecule has 1 N–H and O–H groups in total. The zero-order valence-electron chi connectivity index (χ0n) is 23.3. The van der Waals surface area contributed by atoms with Crippen molar-refractivity contribution in [1.82, 2.24) is 9.80 Å². The quantitative estimate of drug-likeness (QED) is 0.402. The average molecular weight is 491 g/mol. The molecule has 0 bridgehead atoms. The first-order valence-corrected chi connectivity index (χ1v) is 13.3. The van der Waals surface area contributed by atoms with Crippen LogP contribution in [0.2, 0.25) is 0 Å². The zero-order chi connectivity index (χ0) is 26.9. The molecule has 1 saturated heterocycles. The van der Waals surface area contributed by atoms with E-state index in [2.05, 4.69) is 115 Å². The first-order chi connectivity index (χ1) is 17.5. The molecule has 0 aliphatic carbocycles. The Labute approximate surface area is 219 Å². The number of rotatable bonds is 5. The summed E-state index contributed by atoms with van der Waals surface area (Å²) in [7, 11) is 0. The third-order valence-corrected chi connectivity index (χ3v) is 5.95. The Balaban J connectivity index is 0.000000725. The number of nitrogens with zero attached hydrogens (tertiary/aromatic N) is 2. The van der Waals surface area contributed by atoms with Crippen molar-refractivity contribution in [2.45, 2.75) is 73.1 Å². The van der Waals surface area contributed by atoms with Crippen LogP contribution in [0.1, 0.15) is 71.2 Å². The van der Waals surface area contributed by atoms with Gasteiger partial charge >= 0.3 is 0 Å². The van der Waals surface area contributed by atoms with Crippen molar-refractivity contribution in [3.05, 3.63) is 108 Å². The number of hydrogen-bond donors (Lipinski definition) is 1. The molecule has 0 spiro atoms. The van der Waals surface area contributed by atoms with E-state index in [9.17, 15) is 0 Å². The first kappa shape index (κ1) is 31.1. The average Bonchev–Trinajstić information content (AvgIpc) is 2.91. The van der Waals surface area contributed by atoms with Gasteiger partial charge in [0.1, 0.15) is 0 Å². The van der Waals surface area contributed by atoms with E-state index in [-0.39, 0.29) is 0 Å². The summed E-state index contributed by atoms with van der Waals surface area (Å²) in [6.45, 7) is 17.0. The molecule has 2 atom stereocenters. The second kappa shape index (κ2) is 17.5. The fourth-order valence-corrected chi connectivity index (χ4v) is 4.47. The van der Waals surface area contributed by atoms with Gasteiger partial charge in [-0.15, -0.1) is 0 Å². The molecule has 3 aromatic rings. The minimum Gasteiger partial charge on any atom is -0.481 e. The first-order valence-electron chi connectivity index (χ1n) is 13.3. The van der Waals surface area contributed by atoms with Crippen molar-refractivity contribution in [2.75, 3.05) is 13.1 Å². The van der Waals surface area contributed by atoms with Gasteiger partial charge in [0.25, 0.3) is 5.97 Å².